The molecule has 0 N–H and O–H groups in total. The van der Waals surface area contributed by atoms with E-state index in [9.17, 15) is 18.0 Å². The van der Waals surface area contributed by atoms with E-state index in [1.54, 1.807) is 14.0 Å². The molecule has 12 heteroatoms. The van der Waals surface area contributed by atoms with Gasteiger partial charge in [0.2, 0.25) is 5.96 Å². The first-order valence-electron chi connectivity index (χ1n) is 13.6. The van der Waals surface area contributed by atoms with Crippen LogP contribution in [-0.4, -0.2) is 70.4 Å². The third-order valence-corrected chi connectivity index (χ3v) is 7.32. The van der Waals surface area contributed by atoms with E-state index in [2.05, 4.69) is 16.5 Å². The van der Waals surface area contributed by atoms with Crippen LogP contribution in [0.4, 0.5) is 28.9 Å². The summed E-state index contributed by atoms with van der Waals surface area (Å²) in [6, 6.07) is 9.64. The van der Waals surface area contributed by atoms with E-state index in [1.165, 1.54) is 37.3 Å². The summed E-state index contributed by atoms with van der Waals surface area (Å²) in [4.78, 5) is 22.7. The Bertz CT molecular complexity index is 1450. The monoisotopic (exact) mass is 602 g/mol. The van der Waals surface area contributed by atoms with Gasteiger partial charge in [0.25, 0.3) is 0 Å². The zero-order valence-corrected chi connectivity index (χ0v) is 24.4. The smallest absolute Gasteiger partial charge is 0.416 e. The summed E-state index contributed by atoms with van der Waals surface area (Å²) in [5, 5.41) is 0. The highest BCUT2D eigenvalue weighted by atomic mass is 19.4. The predicted octanol–water partition coefficient (Wildman–Crippen LogP) is 5.97. The van der Waals surface area contributed by atoms with Gasteiger partial charge in [-0.25, -0.2) is 9.38 Å². The minimum absolute atomic E-state index is 0.00634. The number of anilines is 2. The fourth-order valence-electron chi connectivity index (χ4n) is 5.09. The second-order valence-electron chi connectivity index (χ2n) is 9.86. The van der Waals surface area contributed by atoms with Crippen LogP contribution < -0.4 is 19.3 Å². The van der Waals surface area contributed by atoms with Crippen molar-refractivity contribution in [2.24, 2.45) is 4.99 Å². The number of guanidine groups is 1. The van der Waals surface area contributed by atoms with Crippen molar-refractivity contribution >= 4 is 23.3 Å². The molecule has 1 atom stereocenters. The average Bonchev–Trinajstić information content (AvgIpc) is 3.01. The minimum Gasteiger partial charge on any atom is -0.497 e. The lowest BCUT2D eigenvalue weighted by atomic mass is 9.96. The number of carbonyl (C=O) groups is 1. The van der Waals surface area contributed by atoms with E-state index < -0.39 is 29.6 Å². The molecule has 2 aliphatic rings. The van der Waals surface area contributed by atoms with Crippen molar-refractivity contribution in [2.45, 2.75) is 25.6 Å². The Balaban J connectivity index is 1.85. The van der Waals surface area contributed by atoms with Crippen LogP contribution >= 0.6 is 0 Å². The van der Waals surface area contributed by atoms with Crippen LogP contribution in [0.3, 0.4) is 0 Å². The Morgan fingerprint density at radius 2 is 1.74 bits per heavy atom. The molecule has 0 unspecified atom stereocenters. The molecule has 0 saturated carbocycles. The second kappa shape index (κ2) is 13.2. The lowest BCUT2D eigenvalue weighted by Crippen LogP contribution is -2.58. The van der Waals surface area contributed by atoms with Gasteiger partial charge in [-0.2, -0.15) is 13.2 Å². The molecule has 2 aromatic rings. The molecule has 4 rings (SSSR count). The van der Waals surface area contributed by atoms with Gasteiger partial charge in [-0.1, -0.05) is 18.7 Å². The number of allylic oxidation sites excluding steroid dienone is 3. The van der Waals surface area contributed by atoms with E-state index in [1.807, 2.05) is 29.2 Å². The Kier molecular flexibility index (Phi) is 9.67. The van der Waals surface area contributed by atoms with Gasteiger partial charge in [0.15, 0.2) is 0 Å². The van der Waals surface area contributed by atoms with Crippen LogP contribution in [-0.2, 0) is 15.7 Å². The van der Waals surface area contributed by atoms with Crippen molar-refractivity contribution in [3.05, 3.63) is 83.9 Å². The van der Waals surface area contributed by atoms with E-state index in [0.717, 1.165) is 17.8 Å². The number of nitrogens with zero attached hydrogens (tertiary/aromatic N) is 4. The van der Waals surface area contributed by atoms with E-state index in [4.69, 9.17) is 14.2 Å². The highest BCUT2D eigenvalue weighted by Gasteiger charge is 2.41. The molecular formula is C31H34F4N4O4. The number of hydrogen-bond donors (Lipinski definition) is 0. The molecule has 0 aromatic heterocycles. The van der Waals surface area contributed by atoms with Gasteiger partial charge in [-0.15, -0.1) is 0 Å². The highest BCUT2D eigenvalue weighted by Crippen LogP contribution is 2.42. The van der Waals surface area contributed by atoms with Crippen molar-refractivity contribution in [2.75, 3.05) is 57.3 Å². The van der Waals surface area contributed by atoms with Crippen molar-refractivity contribution in [3.63, 3.8) is 0 Å². The number of methoxy groups -OCH3 is 3. The normalized spacial score (nSPS) is 19.0. The summed E-state index contributed by atoms with van der Waals surface area (Å²) in [7, 11) is 4.12. The number of esters is 1. The number of rotatable bonds is 7. The topological polar surface area (TPSA) is 66.8 Å². The Labute approximate surface area is 248 Å². The van der Waals surface area contributed by atoms with Crippen molar-refractivity contribution < 1.29 is 36.6 Å². The number of aliphatic imine (C=N–C) groups is 1. The molecule has 43 heavy (non-hydrogen) atoms. The molecule has 2 aromatic carbocycles. The molecule has 1 fully saturated rings. The molecule has 0 amide bonds. The Hall–Kier alpha value is -4.48. The van der Waals surface area contributed by atoms with E-state index >= 15 is 4.39 Å². The molecule has 1 saturated heterocycles. The quantitative estimate of drug-likeness (QED) is 0.286. The number of ether oxygens (including phenoxy) is 3. The van der Waals surface area contributed by atoms with Gasteiger partial charge >= 0.3 is 12.1 Å². The van der Waals surface area contributed by atoms with Crippen LogP contribution in [0.5, 0.6) is 11.5 Å². The SMILES string of the molecule is C=C1/C(=C(F)\C=C/C)N=C(N2CCN(c3cccc(OC)c3)CC2)N(c2cc(C(F)(F)F)ccc2OC)[C@H]1CC(=O)OC. The maximum absolute atomic E-state index is 15.4. The van der Waals surface area contributed by atoms with Crippen molar-refractivity contribution in [3.8, 4) is 11.5 Å². The Morgan fingerprint density at radius 3 is 2.35 bits per heavy atom. The van der Waals surface area contributed by atoms with Gasteiger partial charge in [0.05, 0.1) is 45.0 Å². The summed E-state index contributed by atoms with van der Waals surface area (Å²) in [6.07, 6.45) is -2.27. The number of carbonyl (C=O) groups excluding carboxylic acids is 1. The van der Waals surface area contributed by atoms with Gasteiger partial charge in [-0.05, 0) is 48.9 Å². The maximum Gasteiger partial charge on any atom is 0.416 e. The molecule has 2 heterocycles. The molecule has 2 aliphatic heterocycles. The highest BCUT2D eigenvalue weighted by molar-refractivity contribution is 6.02. The summed E-state index contributed by atoms with van der Waals surface area (Å²) < 4.78 is 72.8. The molecule has 0 radical (unpaired) electrons. The molecule has 8 nitrogen and oxygen atoms in total. The van der Waals surface area contributed by atoms with E-state index in [0.29, 0.717) is 31.9 Å². The number of halogens is 4. The third-order valence-electron chi connectivity index (χ3n) is 7.32. The van der Waals surface area contributed by atoms with Crippen LogP contribution in [0.1, 0.15) is 18.9 Å². The standard InChI is InChI=1S/C31H34F4N4O4/c1-6-8-24(32)29-20(2)25(19-28(40)43-5)39(26-17-21(31(33,34)35)11-12-27(26)42-4)30(36-29)38-15-13-37(14-16-38)22-9-7-10-23(18-22)41-3/h6-12,17-18,25H,2,13-16,19H2,1,3-5H3/b8-6-,29-24-/t25-/m0/s1. The van der Waals surface area contributed by atoms with Gasteiger partial charge in [0, 0.05) is 37.9 Å². The Morgan fingerprint density at radius 1 is 1.05 bits per heavy atom. The first-order valence-corrected chi connectivity index (χ1v) is 13.6. The molecule has 0 bridgehead atoms. The first-order chi connectivity index (χ1) is 20.5. The summed E-state index contributed by atoms with van der Waals surface area (Å²) in [6.45, 7) is 7.50. The van der Waals surface area contributed by atoms with E-state index in [-0.39, 0.29) is 35.1 Å². The minimum atomic E-state index is -4.66. The first kappa shape index (κ1) is 31.5. The van der Waals surface area contributed by atoms with Crippen LogP contribution in [0.2, 0.25) is 0 Å². The maximum atomic E-state index is 15.4. The zero-order valence-electron chi connectivity index (χ0n) is 24.4. The predicted molar refractivity (Wildman–Crippen MR) is 157 cm³/mol. The fraction of sp³-hybridized carbons (Fsp3) is 0.355. The van der Waals surface area contributed by atoms with Crippen molar-refractivity contribution in [1.82, 2.24) is 4.90 Å². The number of hydrogen-bond acceptors (Lipinski definition) is 8. The lowest BCUT2D eigenvalue weighted by Gasteiger charge is -2.46. The lowest BCUT2D eigenvalue weighted by molar-refractivity contribution is -0.141. The molecular weight excluding hydrogens is 568 g/mol. The number of benzene rings is 2. The average molecular weight is 603 g/mol. The van der Waals surface area contributed by atoms with Crippen molar-refractivity contribution in [1.29, 1.82) is 0 Å². The molecule has 0 spiro atoms. The summed E-state index contributed by atoms with van der Waals surface area (Å²) in [5.41, 5.74) is 0.0394. The third kappa shape index (κ3) is 6.79. The van der Waals surface area contributed by atoms with Crippen LogP contribution in [0.15, 0.2) is 83.3 Å². The van der Waals surface area contributed by atoms with Gasteiger partial charge in [0.1, 0.15) is 23.0 Å². The van der Waals surface area contributed by atoms with Gasteiger partial charge < -0.3 is 28.9 Å². The summed E-state index contributed by atoms with van der Waals surface area (Å²) in [5.74, 6) is -0.362. The number of alkyl halides is 3. The second-order valence-corrected chi connectivity index (χ2v) is 9.86. The van der Waals surface area contributed by atoms with Crippen LogP contribution in [0, 0.1) is 0 Å². The zero-order chi connectivity index (χ0) is 31.3. The molecule has 0 aliphatic carbocycles. The fourth-order valence-corrected chi connectivity index (χ4v) is 5.09. The number of piperazine rings is 1. The summed E-state index contributed by atoms with van der Waals surface area (Å²) >= 11 is 0. The van der Waals surface area contributed by atoms with Crippen LogP contribution in [0.25, 0.3) is 0 Å². The molecule has 230 valence electrons. The largest absolute Gasteiger partial charge is 0.497 e. The van der Waals surface area contributed by atoms with Gasteiger partial charge in [-0.3, -0.25) is 4.79 Å².